The van der Waals surface area contributed by atoms with E-state index in [0.717, 1.165) is 0 Å². The van der Waals surface area contributed by atoms with Crippen LogP contribution in [0.1, 0.15) is 19.3 Å². The summed E-state index contributed by atoms with van der Waals surface area (Å²) in [6.45, 7) is 0.285. The second-order valence-corrected chi connectivity index (χ2v) is 3.94. The lowest BCUT2D eigenvalue weighted by Crippen LogP contribution is -2.32. The van der Waals surface area contributed by atoms with E-state index in [0.29, 0.717) is 19.3 Å². The van der Waals surface area contributed by atoms with Crippen LogP contribution < -0.4 is 0 Å². The van der Waals surface area contributed by atoms with Crippen molar-refractivity contribution in [3.05, 3.63) is 0 Å². The molecule has 0 bridgehead atoms. The van der Waals surface area contributed by atoms with Gasteiger partial charge in [-0.15, -0.1) is 6.42 Å². The Morgan fingerprint density at radius 1 is 1.47 bits per heavy atom. The van der Waals surface area contributed by atoms with Gasteiger partial charge in [0, 0.05) is 13.0 Å². The number of carboxylic acid groups (broad SMARTS) is 1. The van der Waals surface area contributed by atoms with E-state index in [-0.39, 0.29) is 24.3 Å². The highest BCUT2D eigenvalue weighted by Gasteiger charge is 2.34. The molecule has 2 atom stereocenters. The van der Waals surface area contributed by atoms with Crippen molar-refractivity contribution in [2.45, 2.75) is 19.3 Å². The van der Waals surface area contributed by atoms with Gasteiger partial charge < -0.3 is 10.0 Å². The van der Waals surface area contributed by atoms with Crippen molar-refractivity contribution in [2.24, 2.45) is 11.8 Å². The number of terminal acetylenes is 1. The lowest BCUT2D eigenvalue weighted by Gasteiger charge is -2.18. The number of rotatable bonds is 3. The maximum absolute atomic E-state index is 11.7. The summed E-state index contributed by atoms with van der Waals surface area (Å²) in [5.41, 5.74) is 0. The van der Waals surface area contributed by atoms with Crippen LogP contribution in [0.4, 0.5) is 0 Å². The summed E-state index contributed by atoms with van der Waals surface area (Å²) in [6, 6.07) is 0. The quantitative estimate of drug-likeness (QED) is 0.692. The molecule has 0 unspecified atom stereocenters. The first-order chi connectivity index (χ1) is 7.06. The third-order valence-corrected chi connectivity index (χ3v) is 2.84. The Hall–Kier alpha value is -1.50. The molecule has 0 heterocycles. The molecule has 82 valence electrons. The summed E-state index contributed by atoms with van der Waals surface area (Å²) in [7, 11) is 1.65. The van der Waals surface area contributed by atoms with Crippen LogP contribution in [-0.2, 0) is 9.59 Å². The molecule has 4 heteroatoms. The average Bonchev–Trinajstić information content (AvgIpc) is 2.65. The van der Waals surface area contributed by atoms with Gasteiger partial charge in [0.2, 0.25) is 5.91 Å². The minimum Gasteiger partial charge on any atom is -0.481 e. The standard InChI is InChI=1S/C11H15NO3/c1-3-6-12(2)10(13)8-4-5-9(7-8)11(14)15/h1,8-9H,4-7H2,2H3,(H,14,15)/t8-,9+/m1/s1. The minimum atomic E-state index is -0.801. The van der Waals surface area contributed by atoms with Crippen LogP contribution >= 0.6 is 0 Å². The van der Waals surface area contributed by atoms with E-state index in [1.807, 2.05) is 0 Å². The number of nitrogens with zero attached hydrogens (tertiary/aromatic N) is 1. The number of carbonyl (C=O) groups is 2. The molecule has 0 aromatic heterocycles. The van der Waals surface area contributed by atoms with Crippen molar-refractivity contribution in [1.29, 1.82) is 0 Å². The Morgan fingerprint density at radius 2 is 2.07 bits per heavy atom. The summed E-state index contributed by atoms with van der Waals surface area (Å²) < 4.78 is 0. The Bertz CT molecular complexity index is 305. The molecule has 1 aliphatic carbocycles. The molecular formula is C11H15NO3. The highest BCUT2D eigenvalue weighted by atomic mass is 16.4. The Balaban J connectivity index is 2.50. The van der Waals surface area contributed by atoms with Crippen molar-refractivity contribution in [2.75, 3.05) is 13.6 Å². The molecule has 0 aliphatic heterocycles. The minimum absolute atomic E-state index is 0.0308. The Kier molecular flexibility index (Phi) is 3.73. The molecule has 1 amide bonds. The third kappa shape index (κ3) is 2.72. The van der Waals surface area contributed by atoms with Crippen LogP contribution in [0.25, 0.3) is 0 Å². The second-order valence-electron chi connectivity index (χ2n) is 3.94. The topological polar surface area (TPSA) is 57.6 Å². The van der Waals surface area contributed by atoms with Crippen molar-refractivity contribution < 1.29 is 14.7 Å². The molecule has 1 rings (SSSR count). The first kappa shape index (κ1) is 11.6. The van der Waals surface area contributed by atoms with Crippen molar-refractivity contribution >= 4 is 11.9 Å². The predicted octanol–water partition coefficient (Wildman–Crippen LogP) is 0.579. The molecular weight excluding hydrogens is 194 g/mol. The zero-order valence-electron chi connectivity index (χ0n) is 8.77. The molecule has 0 spiro atoms. The lowest BCUT2D eigenvalue weighted by atomic mass is 10.0. The van der Waals surface area contributed by atoms with Gasteiger partial charge in [-0.2, -0.15) is 0 Å². The third-order valence-electron chi connectivity index (χ3n) is 2.84. The van der Waals surface area contributed by atoms with Gasteiger partial charge in [0.1, 0.15) is 0 Å². The van der Waals surface area contributed by atoms with Crippen LogP contribution in [0, 0.1) is 24.2 Å². The fourth-order valence-corrected chi connectivity index (χ4v) is 1.96. The molecule has 15 heavy (non-hydrogen) atoms. The average molecular weight is 209 g/mol. The summed E-state index contributed by atoms with van der Waals surface area (Å²) >= 11 is 0. The molecule has 1 N–H and O–H groups in total. The number of aliphatic carboxylic acids is 1. The largest absolute Gasteiger partial charge is 0.481 e. The molecule has 0 radical (unpaired) electrons. The van der Waals surface area contributed by atoms with Gasteiger partial charge in [0.25, 0.3) is 0 Å². The van der Waals surface area contributed by atoms with Crippen molar-refractivity contribution in [3.8, 4) is 12.3 Å². The summed E-state index contributed by atoms with van der Waals surface area (Å²) in [6.07, 6.45) is 6.80. The van der Waals surface area contributed by atoms with E-state index < -0.39 is 5.97 Å². The maximum atomic E-state index is 11.7. The number of carbonyl (C=O) groups excluding carboxylic acids is 1. The van der Waals surface area contributed by atoms with Crippen LogP contribution in [0.5, 0.6) is 0 Å². The second kappa shape index (κ2) is 4.83. The summed E-state index contributed by atoms with van der Waals surface area (Å²) in [5, 5.41) is 8.80. The molecule has 1 saturated carbocycles. The van der Waals surface area contributed by atoms with Crippen molar-refractivity contribution in [1.82, 2.24) is 4.90 Å². The number of amides is 1. The fourth-order valence-electron chi connectivity index (χ4n) is 1.96. The number of carboxylic acids is 1. The van der Waals surface area contributed by atoms with E-state index in [1.54, 1.807) is 7.05 Å². The Morgan fingerprint density at radius 3 is 2.53 bits per heavy atom. The first-order valence-electron chi connectivity index (χ1n) is 4.97. The van der Waals surface area contributed by atoms with Gasteiger partial charge in [-0.3, -0.25) is 9.59 Å². The summed E-state index contributed by atoms with van der Waals surface area (Å²) in [4.78, 5) is 23.9. The number of hydrogen-bond acceptors (Lipinski definition) is 2. The van der Waals surface area contributed by atoms with E-state index >= 15 is 0 Å². The molecule has 1 fully saturated rings. The van der Waals surface area contributed by atoms with E-state index in [1.165, 1.54) is 4.90 Å². The molecule has 0 aromatic carbocycles. The van der Waals surface area contributed by atoms with Gasteiger partial charge in [-0.25, -0.2) is 0 Å². The molecule has 4 nitrogen and oxygen atoms in total. The Labute approximate surface area is 89.3 Å². The van der Waals surface area contributed by atoms with E-state index in [2.05, 4.69) is 5.92 Å². The molecule has 1 aliphatic rings. The zero-order valence-corrected chi connectivity index (χ0v) is 8.77. The van der Waals surface area contributed by atoms with E-state index in [9.17, 15) is 9.59 Å². The smallest absolute Gasteiger partial charge is 0.306 e. The van der Waals surface area contributed by atoms with Crippen LogP contribution in [0.2, 0.25) is 0 Å². The predicted molar refractivity (Wildman–Crippen MR) is 54.9 cm³/mol. The summed E-state index contributed by atoms with van der Waals surface area (Å²) in [5.74, 6) is 1.04. The zero-order chi connectivity index (χ0) is 11.4. The van der Waals surface area contributed by atoms with Gasteiger partial charge in [-0.05, 0) is 19.3 Å². The first-order valence-corrected chi connectivity index (χ1v) is 4.97. The number of hydrogen-bond donors (Lipinski definition) is 1. The van der Waals surface area contributed by atoms with Crippen LogP contribution in [0.3, 0.4) is 0 Å². The van der Waals surface area contributed by atoms with Gasteiger partial charge >= 0.3 is 5.97 Å². The lowest BCUT2D eigenvalue weighted by molar-refractivity contribution is -0.141. The van der Waals surface area contributed by atoms with Crippen LogP contribution in [0.15, 0.2) is 0 Å². The fraction of sp³-hybridized carbons (Fsp3) is 0.636. The molecule has 0 saturated heterocycles. The molecule has 0 aromatic rings. The van der Waals surface area contributed by atoms with E-state index in [4.69, 9.17) is 11.5 Å². The normalized spacial score (nSPS) is 24.5. The van der Waals surface area contributed by atoms with Gasteiger partial charge in [-0.1, -0.05) is 5.92 Å². The van der Waals surface area contributed by atoms with Crippen LogP contribution in [-0.4, -0.2) is 35.5 Å². The SMILES string of the molecule is C#CCN(C)C(=O)[C@@H]1CC[C@H](C(=O)O)C1. The maximum Gasteiger partial charge on any atom is 0.306 e. The van der Waals surface area contributed by atoms with Crippen molar-refractivity contribution in [3.63, 3.8) is 0 Å². The van der Waals surface area contributed by atoms with Gasteiger partial charge in [0.15, 0.2) is 0 Å². The van der Waals surface area contributed by atoms with Gasteiger partial charge in [0.05, 0.1) is 12.5 Å². The highest BCUT2D eigenvalue weighted by Crippen LogP contribution is 2.32. The highest BCUT2D eigenvalue weighted by molar-refractivity contribution is 5.81. The monoisotopic (exact) mass is 209 g/mol.